The zero-order valence-electron chi connectivity index (χ0n) is 27.4. The van der Waals surface area contributed by atoms with Crippen molar-refractivity contribution in [1.29, 1.82) is 0 Å². The highest BCUT2D eigenvalue weighted by Crippen LogP contribution is 2.79. The van der Waals surface area contributed by atoms with E-state index in [4.69, 9.17) is 4.74 Å². The molecule has 0 aromatic heterocycles. The first-order valence-electron chi connectivity index (χ1n) is 17.7. The minimum absolute atomic E-state index is 0.0465. The van der Waals surface area contributed by atoms with Gasteiger partial charge in [-0.05, 0) is 92.7 Å². The Morgan fingerprint density at radius 1 is 0.957 bits per heavy atom. The molecular weight excluding hydrogens is 607 g/mol. The fourth-order valence-corrected chi connectivity index (χ4v) is 12.1. The minimum Gasteiger partial charge on any atom is -0.440 e. The molecule has 1 amide bonds. The zero-order chi connectivity index (χ0) is 33.0. The second kappa shape index (κ2) is 10.3. The normalized spacial score (nSPS) is 42.5. The Hall–Kier alpha value is -2.81. The molecule has 0 radical (unpaired) electrons. The van der Waals surface area contributed by atoms with E-state index in [-0.39, 0.29) is 52.4 Å². The maximum atomic E-state index is 14.7. The molecule has 8 atom stereocenters. The SMILES string of the molecule is C[C@]12CC[C@H]3[C@@]4(C=C[C@@]5(C=C4C(=O)C4CCCCC4)C[C@@H](O)CC[C@]35C)[C@@H]1CC[C@@]21CN(Cc2ccc(OC(F)(F)F)cc2)C(=O)O1. The molecule has 6 nitrogen and oxygen atoms in total. The van der Waals surface area contributed by atoms with Crippen LogP contribution in [-0.4, -0.2) is 46.5 Å². The fourth-order valence-electron chi connectivity index (χ4n) is 12.1. The van der Waals surface area contributed by atoms with Gasteiger partial charge in [-0.25, -0.2) is 4.79 Å². The molecule has 2 bridgehead atoms. The number of fused-ring (bicyclic) bond motifs is 2. The van der Waals surface area contributed by atoms with Crippen LogP contribution in [0.25, 0.3) is 0 Å². The van der Waals surface area contributed by atoms with Gasteiger partial charge in [0.05, 0.1) is 12.6 Å². The number of hydrogen-bond acceptors (Lipinski definition) is 5. The zero-order valence-corrected chi connectivity index (χ0v) is 27.4. The molecule has 9 rings (SSSR count). The summed E-state index contributed by atoms with van der Waals surface area (Å²) in [6.07, 6.45) is 12.5. The van der Waals surface area contributed by atoms with Crippen molar-refractivity contribution in [3.63, 3.8) is 0 Å². The molecule has 254 valence electrons. The standard InChI is InChI=1S/C38H46F3NO5/c1-33-15-12-26(43)20-35(33)18-19-37(28(21-35)31(44)25-6-4-3-5-7-25)29(33)13-16-34(2)30(37)14-17-36(34)23-42(32(45)47-36)22-24-8-10-27(11-9-24)46-38(39,40)41/h8-11,18-19,21,25-26,29-30,43H,3-7,12-17,20,22-23H2,1-2H3/t26-,29+,30+,33+,34-,35-,36+,37-/m0/s1. The lowest BCUT2D eigenvalue weighted by Crippen LogP contribution is -2.67. The largest absolute Gasteiger partial charge is 0.573 e. The predicted molar refractivity (Wildman–Crippen MR) is 168 cm³/mol. The fraction of sp³-hybridized carbons (Fsp3) is 0.684. The van der Waals surface area contributed by atoms with Crippen LogP contribution in [0.4, 0.5) is 18.0 Å². The number of rotatable bonds is 5. The molecule has 1 N–H and O–H groups in total. The summed E-state index contributed by atoms with van der Waals surface area (Å²) < 4.78 is 48.5. The van der Waals surface area contributed by atoms with Crippen LogP contribution >= 0.6 is 0 Å². The summed E-state index contributed by atoms with van der Waals surface area (Å²) in [7, 11) is 0. The highest BCUT2D eigenvalue weighted by molar-refractivity contribution is 6.00. The molecule has 1 saturated heterocycles. The second-order valence-electron chi connectivity index (χ2n) is 16.4. The van der Waals surface area contributed by atoms with Crippen LogP contribution in [0.1, 0.15) is 96.5 Å². The summed E-state index contributed by atoms with van der Waals surface area (Å²) in [4.78, 5) is 29.9. The van der Waals surface area contributed by atoms with Gasteiger partial charge >= 0.3 is 12.5 Å². The van der Waals surface area contributed by atoms with Crippen molar-refractivity contribution in [3.8, 4) is 5.75 Å². The number of nitrogens with zero attached hydrogens (tertiary/aromatic N) is 1. The molecule has 47 heavy (non-hydrogen) atoms. The number of halogens is 3. The van der Waals surface area contributed by atoms with Gasteiger partial charge in [0.25, 0.3) is 0 Å². The number of aliphatic hydroxyl groups is 1. The van der Waals surface area contributed by atoms with E-state index < -0.39 is 23.5 Å². The van der Waals surface area contributed by atoms with Gasteiger partial charge < -0.3 is 14.6 Å². The van der Waals surface area contributed by atoms with Crippen LogP contribution in [0.2, 0.25) is 0 Å². The molecule has 1 heterocycles. The van der Waals surface area contributed by atoms with E-state index >= 15 is 0 Å². The van der Waals surface area contributed by atoms with E-state index in [0.29, 0.717) is 30.7 Å². The third-order valence-corrected chi connectivity index (χ3v) is 14.4. The van der Waals surface area contributed by atoms with E-state index in [0.717, 1.165) is 63.4 Å². The number of allylic oxidation sites excluding steroid dienone is 4. The number of amides is 1. The number of Topliss-reactive ketones (excluding diaryl/α,β-unsaturated/α-hetero) is 1. The van der Waals surface area contributed by atoms with Crippen molar-refractivity contribution in [3.05, 3.63) is 53.6 Å². The molecule has 1 aliphatic heterocycles. The molecule has 5 fully saturated rings. The average molecular weight is 654 g/mol. The summed E-state index contributed by atoms with van der Waals surface area (Å²) in [5.74, 6) is 0.462. The van der Waals surface area contributed by atoms with Gasteiger partial charge in [-0.15, -0.1) is 13.2 Å². The molecule has 9 heteroatoms. The molecule has 1 aromatic rings. The van der Waals surface area contributed by atoms with Gasteiger partial charge in [0.15, 0.2) is 5.78 Å². The molecular formula is C38H46F3NO5. The average Bonchev–Trinajstić information content (AvgIpc) is 3.51. The molecule has 8 aliphatic rings. The van der Waals surface area contributed by atoms with E-state index in [1.807, 2.05) is 0 Å². The number of hydrogen-bond donors (Lipinski definition) is 1. The lowest BCUT2D eigenvalue weighted by atomic mass is 9.32. The third-order valence-electron chi connectivity index (χ3n) is 14.4. The molecule has 1 aromatic carbocycles. The Bertz CT molecular complexity index is 1530. The van der Waals surface area contributed by atoms with Crippen LogP contribution in [0, 0.1) is 39.4 Å². The Labute approximate surface area is 274 Å². The summed E-state index contributed by atoms with van der Waals surface area (Å²) >= 11 is 0. The van der Waals surface area contributed by atoms with Crippen molar-refractivity contribution >= 4 is 11.9 Å². The second-order valence-corrected chi connectivity index (χ2v) is 16.4. The number of carbonyl (C=O) groups is 2. The van der Waals surface area contributed by atoms with Gasteiger partial charge in [-0.3, -0.25) is 9.69 Å². The lowest BCUT2D eigenvalue weighted by Gasteiger charge is -2.71. The summed E-state index contributed by atoms with van der Waals surface area (Å²) in [5.41, 5.74) is -0.207. The lowest BCUT2D eigenvalue weighted by molar-refractivity contribution is -0.274. The number of ketones is 1. The van der Waals surface area contributed by atoms with Crippen molar-refractivity contribution < 1.29 is 37.3 Å². The van der Waals surface area contributed by atoms with Crippen molar-refractivity contribution in [2.24, 2.45) is 39.4 Å². The maximum absolute atomic E-state index is 14.7. The van der Waals surface area contributed by atoms with E-state index in [2.05, 4.69) is 36.8 Å². The molecule has 0 unspecified atom stereocenters. The minimum atomic E-state index is -4.77. The van der Waals surface area contributed by atoms with Crippen molar-refractivity contribution in [2.75, 3.05) is 6.54 Å². The van der Waals surface area contributed by atoms with Crippen molar-refractivity contribution in [2.45, 2.75) is 116 Å². The predicted octanol–water partition coefficient (Wildman–Crippen LogP) is 8.29. The summed E-state index contributed by atoms with van der Waals surface area (Å²) in [6, 6.07) is 5.65. The third kappa shape index (κ3) is 4.39. The Balaban J connectivity index is 1.13. The van der Waals surface area contributed by atoms with Crippen LogP contribution in [0.5, 0.6) is 5.75 Å². The summed E-state index contributed by atoms with van der Waals surface area (Å²) in [5, 5.41) is 10.9. The number of carbonyl (C=O) groups excluding carboxylic acids is 2. The number of benzene rings is 1. The monoisotopic (exact) mass is 653 g/mol. The van der Waals surface area contributed by atoms with Gasteiger partial charge in [0, 0.05) is 34.3 Å². The quantitative estimate of drug-likeness (QED) is 0.324. The first kappa shape index (κ1) is 31.5. The van der Waals surface area contributed by atoms with Gasteiger partial charge in [-0.1, -0.05) is 63.5 Å². The Morgan fingerprint density at radius 2 is 1.64 bits per heavy atom. The Kier molecular flexibility index (Phi) is 6.93. The first-order valence-corrected chi connectivity index (χ1v) is 17.7. The van der Waals surface area contributed by atoms with Crippen molar-refractivity contribution in [1.82, 2.24) is 4.90 Å². The number of ether oxygens (including phenoxy) is 2. The molecule has 4 saturated carbocycles. The van der Waals surface area contributed by atoms with Gasteiger partial charge in [0.2, 0.25) is 0 Å². The number of aliphatic hydroxyl groups excluding tert-OH is 1. The van der Waals surface area contributed by atoms with Crippen LogP contribution in [-0.2, 0) is 16.1 Å². The highest BCUT2D eigenvalue weighted by Gasteiger charge is 2.76. The van der Waals surface area contributed by atoms with E-state index in [1.165, 1.54) is 18.6 Å². The highest BCUT2D eigenvalue weighted by atomic mass is 19.4. The van der Waals surface area contributed by atoms with Gasteiger partial charge in [0.1, 0.15) is 11.4 Å². The van der Waals surface area contributed by atoms with Gasteiger partial charge in [-0.2, -0.15) is 0 Å². The molecule has 7 aliphatic carbocycles. The van der Waals surface area contributed by atoms with Crippen LogP contribution in [0.15, 0.2) is 48.1 Å². The Morgan fingerprint density at radius 3 is 2.36 bits per heavy atom. The molecule has 3 spiro atoms. The van der Waals surface area contributed by atoms with E-state index in [1.54, 1.807) is 17.0 Å². The van der Waals surface area contributed by atoms with Crippen LogP contribution < -0.4 is 4.74 Å². The summed E-state index contributed by atoms with van der Waals surface area (Å²) in [6.45, 7) is 5.34. The maximum Gasteiger partial charge on any atom is 0.573 e. The first-order chi connectivity index (χ1) is 22.2. The topological polar surface area (TPSA) is 76.1 Å². The number of alkyl halides is 3. The van der Waals surface area contributed by atoms with E-state index in [9.17, 15) is 27.9 Å². The van der Waals surface area contributed by atoms with Crippen LogP contribution in [0.3, 0.4) is 0 Å². The smallest absolute Gasteiger partial charge is 0.440 e.